The molecule has 0 amide bonds. The van der Waals surface area contributed by atoms with E-state index in [-0.39, 0.29) is 0 Å². The minimum Gasteiger partial charge on any atom is -0.497 e. The van der Waals surface area contributed by atoms with Crippen molar-refractivity contribution < 1.29 is 14.6 Å². The van der Waals surface area contributed by atoms with Crippen molar-refractivity contribution in [2.75, 3.05) is 32.7 Å². The summed E-state index contributed by atoms with van der Waals surface area (Å²) in [6, 6.07) is 7.84. The van der Waals surface area contributed by atoms with Crippen LogP contribution in [-0.4, -0.2) is 43.6 Å². The number of hydrogen-bond acceptors (Lipinski definition) is 5. The average Bonchev–Trinajstić information content (AvgIpc) is 2.47. The number of hydrogen-bond donors (Lipinski definition) is 2. The smallest absolute Gasteiger partial charge is 0.133 e. The summed E-state index contributed by atoms with van der Waals surface area (Å²) in [5, 5.41) is 15.0. The number of nitrogens with zero attached hydrogens (tertiary/aromatic N) is 1. The minimum absolute atomic E-state index is 0.346. The molecule has 0 fully saturated rings. The van der Waals surface area contributed by atoms with Gasteiger partial charge in [0.1, 0.15) is 11.6 Å². The van der Waals surface area contributed by atoms with Gasteiger partial charge in [-0.25, -0.2) is 4.98 Å². The molecule has 0 radical (unpaired) electrons. The van der Waals surface area contributed by atoms with Gasteiger partial charge in [0.25, 0.3) is 0 Å². The molecule has 1 aromatic carbocycles. The van der Waals surface area contributed by atoms with E-state index in [0.29, 0.717) is 19.6 Å². The number of fused-ring (bicyclic) bond motifs is 1. The second kappa shape index (κ2) is 7.07. The number of pyridine rings is 1. The van der Waals surface area contributed by atoms with Crippen LogP contribution in [0, 0.1) is 0 Å². The maximum absolute atomic E-state index is 9.62. The third kappa shape index (κ3) is 3.59. The molecular formula is C15H20N2O3. The van der Waals surface area contributed by atoms with Crippen LogP contribution in [0.25, 0.3) is 10.8 Å². The summed E-state index contributed by atoms with van der Waals surface area (Å²) < 4.78 is 10.1. The SMILES string of the molecule is COCC(O)CCNc1nccc2ccc(OC)cc12. The van der Waals surface area contributed by atoms with Crippen LogP contribution in [0.5, 0.6) is 5.75 Å². The van der Waals surface area contributed by atoms with E-state index in [0.717, 1.165) is 22.3 Å². The lowest BCUT2D eigenvalue weighted by Crippen LogP contribution is -2.18. The van der Waals surface area contributed by atoms with Gasteiger partial charge in [0.15, 0.2) is 0 Å². The van der Waals surface area contributed by atoms with Crippen LogP contribution < -0.4 is 10.1 Å². The molecule has 0 aliphatic carbocycles. The predicted octanol–water partition coefficient (Wildman–Crippen LogP) is 2.05. The highest BCUT2D eigenvalue weighted by Crippen LogP contribution is 2.25. The van der Waals surface area contributed by atoms with E-state index in [4.69, 9.17) is 9.47 Å². The third-order valence-electron chi connectivity index (χ3n) is 3.10. The summed E-state index contributed by atoms with van der Waals surface area (Å²) in [6.45, 7) is 0.978. The van der Waals surface area contributed by atoms with Crippen molar-refractivity contribution in [2.24, 2.45) is 0 Å². The second-order valence-corrected chi connectivity index (χ2v) is 4.57. The number of aromatic nitrogens is 1. The molecule has 0 saturated heterocycles. The molecule has 1 heterocycles. The quantitative estimate of drug-likeness (QED) is 0.810. The summed E-state index contributed by atoms with van der Waals surface area (Å²) in [7, 11) is 3.22. The summed E-state index contributed by atoms with van der Waals surface area (Å²) in [6.07, 6.45) is 1.91. The van der Waals surface area contributed by atoms with Crippen molar-refractivity contribution in [3.63, 3.8) is 0 Å². The third-order valence-corrected chi connectivity index (χ3v) is 3.10. The van der Waals surface area contributed by atoms with Crippen LogP contribution in [0.15, 0.2) is 30.5 Å². The number of benzene rings is 1. The topological polar surface area (TPSA) is 63.6 Å². The van der Waals surface area contributed by atoms with Gasteiger partial charge >= 0.3 is 0 Å². The number of ether oxygens (including phenoxy) is 2. The van der Waals surface area contributed by atoms with E-state index in [9.17, 15) is 5.11 Å². The molecule has 1 atom stereocenters. The largest absolute Gasteiger partial charge is 0.497 e. The Morgan fingerprint density at radius 2 is 2.15 bits per heavy atom. The van der Waals surface area contributed by atoms with Crippen LogP contribution in [0.1, 0.15) is 6.42 Å². The fourth-order valence-corrected chi connectivity index (χ4v) is 2.05. The van der Waals surface area contributed by atoms with Gasteiger partial charge in [-0.05, 0) is 30.0 Å². The van der Waals surface area contributed by atoms with Gasteiger partial charge in [0, 0.05) is 25.2 Å². The van der Waals surface area contributed by atoms with Gasteiger partial charge in [-0.15, -0.1) is 0 Å². The number of aliphatic hydroxyl groups is 1. The Hall–Kier alpha value is -1.85. The highest BCUT2D eigenvalue weighted by Gasteiger charge is 2.06. The van der Waals surface area contributed by atoms with Crippen molar-refractivity contribution in [1.82, 2.24) is 4.98 Å². The van der Waals surface area contributed by atoms with Gasteiger partial charge in [-0.3, -0.25) is 0 Å². The first-order valence-corrected chi connectivity index (χ1v) is 6.58. The van der Waals surface area contributed by atoms with E-state index in [1.54, 1.807) is 20.4 Å². The Bertz CT molecular complexity index is 560. The standard InChI is InChI=1S/C15H20N2O3/c1-19-10-12(18)6-8-17-15-14-9-13(20-2)4-3-11(14)5-7-16-15/h3-5,7,9,12,18H,6,8,10H2,1-2H3,(H,16,17). The van der Waals surface area contributed by atoms with Gasteiger partial charge in [-0.2, -0.15) is 0 Å². The minimum atomic E-state index is -0.461. The molecule has 2 N–H and O–H groups in total. The molecule has 5 heteroatoms. The van der Waals surface area contributed by atoms with Crippen LogP contribution >= 0.6 is 0 Å². The highest BCUT2D eigenvalue weighted by molar-refractivity contribution is 5.92. The molecule has 2 aromatic rings. The summed E-state index contributed by atoms with van der Waals surface area (Å²) in [5.74, 6) is 1.60. The molecular weight excluding hydrogens is 256 g/mol. The lowest BCUT2D eigenvalue weighted by Gasteiger charge is -2.12. The van der Waals surface area contributed by atoms with Crippen molar-refractivity contribution in [1.29, 1.82) is 0 Å². The van der Waals surface area contributed by atoms with E-state index in [2.05, 4.69) is 10.3 Å². The van der Waals surface area contributed by atoms with Crippen molar-refractivity contribution in [2.45, 2.75) is 12.5 Å². The molecule has 2 rings (SSSR count). The number of nitrogens with one attached hydrogen (secondary N) is 1. The molecule has 0 saturated carbocycles. The van der Waals surface area contributed by atoms with E-state index in [1.807, 2.05) is 24.3 Å². The number of methoxy groups -OCH3 is 2. The first-order chi connectivity index (χ1) is 9.74. The number of anilines is 1. The molecule has 0 bridgehead atoms. The maximum Gasteiger partial charge on any atom is 0.133 e. The highest BCUT2D eigenvalue weighted by atomic mass is 16.5. The Labute approximate surface area is 118 Å². The fourth-order valence-electron chi connectivity index (χ4n) is 2.05. The Balaban J connectivity index is 2.09. The van der Waals surface area contributed by atoms with E-state index in [1.165, 1.54) is 0 Å². The zero-order chi connectivity index (χ0) is 14.4. The molecule has 1 unspecified atom stereocenters. The van der Waals surface area contributed by atoms with Crippen molar-refractivity contribution >= 4 is 16.6 Å². The zero-order valence-electron chi connectivity index (χ0n) is 11.8. The maximum atomic E-state index is 9.62. The number of aliphatic hydroxyl groups excluding tert-OH is 1. The Morgan fingerprint density at radius 3 is 2.90 bits per heavy atom. The van der Waals surface area contributed by atoms with Gasteiger partial charge in [0.2, 0.25) is 0 Å². The molecule has 108 valence electrons. The van der Waals surface area contributed by atoms with Gasteiger partial charge in [-0.1, -0.05) is 6.07 Å². The molecule has 0 spiro atoms. The van der Waals surface area contributed by atoms with Crippen molar-refractivity contribution in [3.05, 3.63) is 30.5 Å². The lowest BCUT2D eigenvalue weighted by atomic mass is 10.1. The molecule has 0 aliphatic heterocycles. The Kier molecular flexibility index (Phi) is 5.15. The van der Waals surface area contributed by atoms with Gasteiger partial charge in [0.05, 0.1) is 19.8 Å². The lowest BCUT2D eigenvalue weighted by molar-refractivity contribution is 0.0615. The summed E-state index contributed by atoms with van der Waals surface area (Å²) in [5.41, 5.74) is 0. The number of rotatable bonds is 7. The molecule has 20 heavy (non-hydrogen) atoms. The second-order valence-electron chi connectivity index (χ2n) is 4.57. The first kappa shape index (κ1) is 14.6. The summed E-state index contributed by atoms with van der Waals surface area (Å²) in [4.78, 5) is 4.35. The van der Waals surface area contributed by atoms with Crippen molar-refractivity contribution in [3.8, 4) is 5.75 Å². The van der Waals surface area contributed by atoms with E-state index < -0.39 is 6.10 Å². The van der Waals surface area contributed by atoms with Crippen LogP contribution in [0.4, 0.5) is 5.82 Å². The van der Waals surface area contributed by atoms with Gasteiger partial charge < -0.3 is 19.9 Å². The monoisotopic (exact) mass is 276 g/mol. The fraction of sp³-hybridized carbons (Fsp3) is 0.400. The zero-order valence-corrected chi connectivity index (χ0v) is 11.8. The molecule has 5 nitrogen and oxygen atoms in total. The normalized spacial score (nSPS) is 12.3. The average molecular weight is 276 g/mol. The first-order valence-electron chi connectivity index (χ1n) is 6.58. The molecule has 1 aromatic heterocycles. The molecule has 0 aliphatic rings. The Morgan fingerprint density at radius 1 is 1.30 bits per heavy atom. The summed E-state index contributed by atoms with van der Waals surface area (Å²) >= 11 is 0. The van der Waals surface area contributed by atoms with Crippen LogP contribution in [0.2, 0.25) is 0 Å². The van der Waals surface area contributed by atoms with Crippen LogP contribution in [0.3, 0.4) is 0 Å². The van der Waals surface area contributed by atoms with Crippen LogP contribution in [-0.2, 0) is 4.74 Å². The van der Waals surface area contributed by atoms with E-state index >= 15 is 0 Å². The predicted molar refractivity (Wildman–Crippen MR) is 79.3 cm³/mol.